The number of rotatable bonds is 3. The Kier molecular flexibility index (Phi) is 2.48. The second-order valence-electron chi connectivity index (χ2n) is 3.10. The van der Waals surface area contributed by atoms with E-state index in [2.05, 4.69) is 13.2 Å². The highest BCUT2D eigenvalue weighted by Gasteiger charge is 2.67. The summed E-state index contributed by atoms with van der Waals surface area (Å²) in [5.41, 5.74) is -0.816. The molecule has 0 aromatic carbocycles. The minimum Gasteiger partial charge on any atom is -0.0961 e. The predicted octanol–water partition coefficient (Wildman–Crippen LogP) is 5.32. The summed E-state index contributed by atoms with van der Waals surface area (Å²) in [5, 5.41) is 0. The Morgan fingerprint density at radius 2 is 1.36 bits per heavy atom. The van der Waals surface area contributed by atoms with E-state index in [0.29, 0.717) is 6.08 Å². The zero-order chi connectivity index (χ0) is 11.8. The van der Waals surface area contributed by atoms with E-state index in [-0.39, 0.29) is 5.57 Å². The lowest BCUT2D eigenvalue weighted by Crippen LogP contribution is -2.10. The molecule has 0 saturated heterocycles. The van der Waals surface area contributed by atoms with Crippen molar-refractivity contribution in [1.29, 1.82) is 0 Å². The minimum atomic E-state index is -9.61. The van der Waals surface area contributed by atoms with Gasteiger partial charge in [-0.25, -0.2) is 0 Å². The van der Waals surface area contributed by atoms with Crippen LogP contribution < -0.4 is 0 Å². The topological polar surface area (TPSA) is 0 Å². The molecule has 0 spiro atoms. The highest BCUT2D eigenvalue weighted by atomic mass is 32.5. The number of allylic oxidation sites excluding steroid dienone is 3. The van der Waals surface area contributed by atoms with Crippen molar-refractivity contribution in [2.45, 2.75) is 13.8 Å². The molecule has 0 N–H and O–H groups in total. The summed E-state index contributed by atoms with van der Waals surface area (Å²) in [6, 6.07) is 0. The fourth-order valence-corrected chi connectivity index (χ4v) is 1.87. The van der Waals surface area contributed by atoms with Gasteiger partial charge in [0.1, 0.15) is 4.91 Å². The van der Waals surface area contributed by atoms with Crippen LogP contribution in [0.1, 0.15) is 13.8 Å². The van der Waals surface area contributed by atoms with Gasteiger partial charge in [0.2, 0.25) is 0 Å². The van der Waals surface area contributed by atoms with Crippen LogP contribution in [0.25, 0.3) is 0 Å². The molecule has 0 bridgehead atoms. The summed E-state index contributed by atoms with van der Waals surface area (Å²) in [4.78, 5) is -1.96. The Labute approximate surface area is 79.5 Å². The average molecular weight is 234 g/mol. The molecule has 0 atom stereocenters. The molecule has 0 heterocycles. The molecule has 0 nitrogen and oxygen atoms in total. The van der Waals surface area contributed by atoms with Crippen LogP contribution in [0, 0.1) is 0 Å². The molecule has 0 rings (SSSR count). The normalized spacial score (nSPS) is 18.4. The van der Waals surface area contributed by atoms with Gasteiger partial charge in [-0.1, -0.05) is 38.2 Å². The lowest BCUT2D eigenvalue weighted by Gasteiger charge is -2.42. The summed E-state index contributed by atoms with van der Waals surface area (Å²) >= 11 is 0. The van der Waals surface area contributed by atoms with Gasteiger partial charge in [-0.15, -0.1) is 0 Å². The molecule has 0 radical (unpaired) electrons. The highest BCUT2D eigenvalue weighted by Crippen LogP contribution is 3.02. The van der Waals surface area contributed by atoms with Gasteiger partial charge in [0.15, 0.2) is 0 Å². The SMILES string of the molecule is C=C(C)/C=C(\C(=C)C)S(F)(F)(F)(F)F. The number of hydrogen-bond acceptors (Lipinski definition) is 0. The van der Waals surface area contributed by atoms with E-state index in [1.807, 2.05) is 0 Å². The highest BCUT2D eigenvalue weighted by molar-refractivity contribution is 8.48. The molecular weight excluding hydrogens is 223 g/mol. The summed E-state index contributed by atoms with van der Waals surface area (Å²) in [7, 11) is -9.61. The first-order valence-electron chi connectivity index (χ1n) is 3.51. The molecule has 0 saturated carbocycles. The van der Waals surface area contributed by atoms with Gasteiger partial charge in [0.05, 0.1) is 0 Å². The maximum atomic E-state index is 12.3. The molecule has 6 heteroatoms. The van der Waals surface area contributed by atoms with E-state index >= 15 is 0 Å². The molecule has 0 aliphatic heterocycles. The largest absolute Gasteiger partial charge is 0.310 e. The van der Waals surface area contributed by atoms with Crippen molar-refractivity contribution in [3.63, 3.8) is 0 Å². The fourth-order valence-electron chi connectivity index (χ4n) is 0.788. The third-order valence-corrected chi connectivity index (χ3v) is 2.51. The number of halogens is 5. The van der Waals surface area contributed by atoms with E-state index in [1.54, 1.807) is 0 Å². The van der Waals surface area contributed by atoms with E-state index < -0.39 is 20.7 Å². The van der Waals surface area contributed by atoms with E-state index in [1.165, 1.54) is 6.92 Å². The summed E-state index contributed by atoms with van der Waals surface area (Å²) in [6.45, 7) is 8.09. The zero-order valence-corrected chi connectivity index (χ0v) is 8.61. The lowest BCUT2D eigenvalue weighted by atomic mass is 10.2. The Balaban J connectivity index is 5.75. The van der Waals surface area contributed by atoms with Crippen LogP contribution in [0.2, 0.25) is 0 Å². The second kappa shape index (κ2) is 2.62. The Hall–Kier alpha value is -0.780. The first-order valence-corrected chi connectivity index (χ1v) is 5.46. The van der Waals surface area contributed by atoms with Crippen LogP contribution in [-0.4, -0.2) is 0 Å². The van der Waals surface area contributed by atoms with Crippen molar-refractivity contribution in [1.82, 2.24) is 0 Å². The first-order chi connectivity index (χ1) is 5.74. The van der Waals surface area contributed by atoms with Gasteiger partial charge in [0.25, 0.3) is 0 Å². The van der Waals surface area contributed by atoms with Gasteiger partial charge in [-0.05, 0) is 25.5 Å². The van der Waals surface area contributed by atoms with Crippen LogP contribution in [0.5, 0.6) is 0 Å². The molecule has 14 heavy (non-hydrogen) atoms. The van der Waals surface area contributed by atoms with Crippen LogP contribution in [0.3, 0.4) is 0 Å². The molecule has 0 aromatic rings. The van der Waals surface area contributed by atoms with Gasteiger partial charge in [-0.2, -0.15) is 0 Å². The van der Waals surface area contributed by atoms with Gasteiger partial charge < -0.3 is 0 Å². The maximum absolute atomic E-state index is 12.3. The lowest BCUT2D eigenvalue weighted by molar-refractivity contribution is 0.379. The standard InChI is InChI=1S/C8H11F5S/c1-6(2)5-8(7(3)4)14(9,10,11,12)13/h5H,1,3H2,2,4H3/b8-5+. The first kappa shape index (κ1) is 13.2. The summed E-state index contributed by atoms with van der Waals surface area (Å²) in [5.74, 6) is 0. The molecule has 84 valence electrons. The van der Waals surface area contributed by atoms with E-state index in [4.69, 9.17) is 0 Å². The smallest absolute Gasteiger partial charge is 0.0961 e. The van der Waals surface area contributed by atoms with Gasteiger partial charge in [-0.3, -0.25) is 0 Å². The van der Waals surface area contributed by atoms with E-state index in [9.17, 15) is 19.4 Å². The van der Waals surface area contributed by atoms with Crippen LogP contribution >= 0.6 is 10.2 Å². The zero-order valence-electron chi connectivity index (χ0n) is 7.79. The van der Waals surface area contributed by atoms with Crippen molar-refractivity contribution in [2.75, 3.05) is 0 Å². The average Bonchev–Trinajstić information content (AvgIpc) is 1.75. The fraction of sp³-hybridized carbons (Fsp3) is 0.250. The third-order valence-electron chi connectivity index (χ3n) is 1.21. The Bertz CT molecular complexity index is 318. The second-order valence-corrected chi connectivity index (χ2v) is 5.48. The van der Waals surface area contributed by atoms with Crippen LogP contribution in [-0.2, 0) is 0 Å². The minimum absolute atomic E-state index is 0.101. The molecule has 0 aliphatic carbocycles. The molecule has 0 amide bonds. The summed E-state index contributed by atoms with van der Waals surface area (Å²) in [6.07, 6.45) is 0.309. The van der Waals surface area contributed by atoms with Crippen molar-refractivity contribution < 1.29 is 19.4 Å². The van der Waals surface area contributed by atoms with Crippen molar-refractivity contribution in [3.8, 4) is 0 Å². The molecule has 0 unspecified atom stereocenters. The van der Waals surface area contributed by atoms with Crippen LogP contribution in [0.4, 0.5) is 19.4 Å². The quantitative estimate of drug-likeness (QED) is 0.458. The van der Waals surface area contributed by atoms with Crippen molar-refractivity contribution in [2.24, 2.45) is 0 Å². The van der Waals surface area contributed by atoms with Gasteiger partial charge in [0, 0.05) is 0 Å². The molecule has 0 aromatic heterocycles. The number of hydrogen-bond donors (Lipinski definition) is 0. The Morgan fingerprint density at radius 1 is 1.00 bits per heavy atom. The van der Waals surface area contributed by atoms with Crippen molar-refractivity contribution >= 4 is 10.2 Å². The Morgan fingerprint density at radius 3 is 1.43 bits per heavy atom. The maximum Gasteiger partial charge on any atom is 0.310 e. The molecule has 0 aliphatic rings. The van der Waals surface area contributed by atoms with Crippen molar-refractivity contribution in [3.05, 3.63) is 35.3 Å². The predicted molar refractivity (Wildman–Crippen MR) is 50.8 cm³/mol. The summed E-state index contributed by atoms with van der Waals surface area (Å²) < 4.78 is 61.6. The molecule has 0 fully saturated rings. The third kappa shape index (κ3) is 3.95. The monoisotopic (exact) mass is 234 g/mol. The van der Waals surface area contributed by atoms with E-state index in [0.717, 1.165) is 6.92 Å². The van der Waals surface area contributed by atoms with Crippen LogP contribution in [0.15, 0.2) is 35.3 Å². The molecular formula is C8H11F5S. The van der Waals surface area contributed by atoms with Gasteiger partial charge >= 0.3 is 10.2 Å².